The maximum Gasteiger partial charge on any atom is 0.526 e. The molecule has 0 saturated heterocycles. The first-order chi connectivity index (χ1) is 28.7. The minimum absolute atomic E-state index is 0. The number of para-hydroxylation sites is 2. The van der Waals surface area contributed by atoms with Crippen LogP contribution in [-0.4, -0.2) is 89.4 Å². The van der Waals surface area contributed by atoms with E-state index >= 15 is 0 Å². The van der Waals surface area contributed by atoms with Gasteiger partial charge in [0.05, 0.1) is 47.4 Å². The van der Waals surface area contributed by atoms with E-state index in [1.807, 2.05) is 86.3 Å². The van der Waals surface area contributed by atoms with Gasteiger partial charge in [-0.1, -0.05) is 55.4 Å². The summed E-state index contributed by atoms with van der Waals surface area (Å²) >= 11 is 6.16. The molecule has 0 fully saturated rings. The quantitative estimate of drug-likeness (QED) is 0.110. The summed E-state index contributed by atoms with van der Waals surface area (Å²) in [6.45, 7) is 8.23. The molecule has 61 heavy (non-hydrogen) atoms. The van der Waals surface area contributed by atoms with Crippen molar-refractivity contribution < 1.29 is 37.9 Å². The van der Waals surface area contributed by atoms with Crippen LogP contribution in [0.15, 0.2) is 106 Å². The molecule has 0 aliphatic rings. The lowest BCUT2D eigenvalue weighted by molar-refractivity contribution is 0.0592. The third-order valence-electron chi connectivity index (χ3n) is 9.67. The molecule has 2 N–H and O–H groups in total. The third kappa shape index (κ3) is 10.3. The van der Waals surface area contributed by atoms with Crippen LogP contribution in [0.5, 0.6) is 0 Å². The highest BCUT2D eigenvalue weighted by Crippen LogP contribution is 2.34. The summed E-state index contributed by atoms with van der Waals surface area (Å²) in [4.78, 5) is 45.8. The number of nitrogens with zero attached hydrogens (tertiary/aromatic N) is 6. The van der Waals surface area contributed by atoms with Crippen molar-refractivity contribution in [3.8, 4) is 11.5 Å². The van der Waals surface area contributed by atoms with Crippen molar-refractivity contribution in [3.05, 3.63) is 113 Å². The molecule has 0 radical (unpaired) electrons. The lowest BCUT2D eigenvalue weighted by atomic mass is 9.88. The first-order valence-electron chi connectivity index (χ1n) is 18.9. The van der Waals surface area contributed by atoms with Gasteiger partial charge in [-0.2, -0.15) is 0 Å². The number of aromatic nitrogens is 4. The predicted octanol–water partition coefficient (Wildman–Crippen LogP) is 8.34. The maximum absolute atomic E-state index is 11.9. The van der Waals surface area contributed by atoms with E-state index < -0.39 is 19.1 Å². The van der Waals surface area contributed by atoms with Gasteiger partial charge in [-0.3, -0.25) is 0 Å². The summed E-state index contributed by atoms with van der Waals surface area (Å²) in [6.07, 6.45) is 0. The normalized spacial score (nSPS) is 10.8. The van der Waals surface area contributed by atoms with Crippen LogP contribution in [-0.2, 0) is 9.47 Å². The number of benzene rings is 4. The Labute approximate surface area is 358 Å². The lowest BCUT2D eigenvalue weighted by Crippen LogP contribution is -2.27. The fraction of sp³-hybridized carbons (Fsp3) is 0.244. The smallest absolute Gasteiger partial charge is 0.465 e. The van der Waals surface area contributed by atoms with Gasteiger partial charge in [0.2, 0.25) is 0 Å². The molecule has 0 unspecified atom stereocenters. The molecule has 8 aromatic rings. The Morgan fingerprint density at radius 3 is 1.61 bits per heavy atom. The Kier molecular flexibility index (Phi) is 14.7. The van der Waals surface area contributed by atoms with Gasteiger partial charge in [0.1, 0.15) is 22.5 Å². The van der Waals surface area contributed by atoms with Gasteiger partial charge in [-0.25, -0.2) is 29.5 Å². The zero-order chi connectivity index (χ0) is 43.2. The molecule has 4 heterocycles. The number of carbonyl (C=O) groups excluding carboxylic acids is 2. The molecule has 0 saturated carbocycles. The number of methoxy groups -OCH3 is 2. The van der Waals surface area contributed by atoms with Crippen molar-refractivity contribution in [1.82, 2.24) is 19.9 Å². The van der Waals surface area contributed by atoms with E-state index in [1.54, 1.807) is 48.5 Å². The van der Waals surface area contributed by atoms with Crippen molar-refractivity contribution in [2.24, 2.45) is 0 Å². The second kappa shape index (κ2) is 19.7. The molecular weight excluding hydrogens is 799 g/mol. The Morgan fingerprint density at radius 2 is 1.11 bits per heavy atom. The second-order valence-corrected chi connectivity index (χ2v) is 14.6. The first kappa shape index (κ1) is 45.5. The molecule has 0 atom stereocenters. The van der Waals surface area contributed by atoms with Crippen LogP contribution in [0.1, 0.15) is 55.8 Å². The number of anilines is 2. The Morgan fingerprint density at radius 1 is 0.639 bits per heavy atom. The van der Waals surface area contributed by atoms with E-state index in [4.69, 9.17) is 49.9 Å². The molecule has 0 amide bonds. The average Bonchev–Trinajstić information content (AvgIpc) is 3.90. The van der Waals surface area contributed by atoms with E-state index in [2.05, 4.69) is 23.8 Å². The van der Waals surface area contributed by atoms with E-state index in [-0.39, 0.29) is 25.2 Å². The SMILES string of the molecule is C.COC(=O)c1ccc2nc(-c3cc4ccccc4o3)c(N(C)C(C)C)nc2c1.COC(=O)c1ccc2nc(Cl)c(N(C)C(C)C)nc2c1.OB(O)c1cc2ccccc2o1. The number of hydrogen-bond donors (Lipinski definition) is 2. The fourth-order valence-corrected chi connectivity index (χ4v) is 6.18. The van der Waals surface area contributed by atoms with Gasteiger partial charge in [0.15, 0.2) is 22.5 Å². The summed E-state index contributed by atoms with van der Waals surface area (Å²) in [7, 11) is 5.05. The van der Waals surface area contributed by atoms with Crippen LogP contribution < -0.4 is 15.5 Å². The van der Waals surface area contributed by atoms with Crippen molar-refractivity contribution >= 4 is 92.0 Å². The monoisotopic (exact) mass is 846 g/mol. The maximum atomic E-state index is 11.9. The summed E-state index contributed by atoms with van der Waals surface area (Å²) in [5.74, 6) is 1.15. The Balaban J connectivity index is 0.000000186. The number of esters is 2. The predicted molar refractivity (Wildman–Crippen MR) is 242 cm³/mol. The van der Waals surface area contributed by atoms with Crippen LogP contribution in [0.3, 0.4) is 0 Å². The van der Waals surface area contributed by atoms with Gasteiger partial charge < -0.3 is 38.2 Å². The van der Waals surface area contributed by atoms with Crippen LogP contribution in [0, 0.1) is 0 Å². The van der Waals surface area contributed by atoms with Gasteiger partial charge in [-0.15, -0.1) is 0 Å². The van der Waals surface area contributed by atoms with E-state index in [0.29, 0.717) is 67.0 Å². The van der Waals surface area contributed by atoms with E-state index in [1.165, 1.54) is 14.2 Å². The fourth-order valence-electron chi connectivity index (χ4n) is 5.91. The molecule has 0 spiro atoms. The highest BCUT2D eigenvalue weighted by molar-refractivity contribution is 6.57. The zero-order valence-corrected chi connectivity index (χ0v) is 35.1. The molecule has 0 bridgehead atoms. The molecule has 14 nitrogen and oxygen atoms in total. The summed E-state index contributed by atoms with van der Waals surface area (Å²) in [6, 6.07) is 29.4. The van der Waals surface area contributed by atoms with Crippen molar-refractivity contribution in [2.75, 3.05) is 38.1 Å². The van der Waals surface area contributed by atoms with Gasteiger partial charge >= 0.3 is 19.1 Å². The summed E-state index contributed by atoms with van der Waals surface area (Å²) < 4.78 is 20.7. The lowest BCUT2D eigenvalue weighted by Gasteiger charge is -2.24. The largest absolute Gasteiger partial charge is 0.526 e. The molecule has 16 heteroatoms. The second-order valence-electron chi connectivity index (χ2n) is 14.2. The number of halogens is 1. The van der Waals surface area contributed by atoms with Crippen molar-refractivity contribution in [2.45, 2.75) is 47.2 Å². The molecule has 8 rings (SSSR count). The van der Waals surface area contributed by atoms with Crippen molar-refractivity contribution in [1.29, 1.82) is 0 Å². The highest BCUT2D eigenvalue weighted by Gasteiger charge is 2.21. The molecule has 0 aliphatic heterocycles. The van der Waals surface area contributed by atoms with Gasteiger partial charge in [0.25, 0.3) is 0 Å². The van der Waals surface area contributed by atoms with Crippen LogP contribution in [0.2, 0.25) is 5.15 Å². The summed E-state index contributed by atoms with van der Waals surface area (Å²) in [5.41, 5.74) is 5.77. The average molecular weight is 847 g/mol. The number of fused-ring (bicyclic) bond motifs is 4. The molecule has 316 valence electrons. The minimum atomic E-state index is -1.53. The Hall–Kier alpha value is -6.55. The number of hydrogen-bond acceptors (Lipinski definition) is 14. The van der Waals surface area contributed by atoms with E-state index in [0.717, 1.165) is 16.4 Å². The van der Waals surface area contributed by atoms with Crippen LogP contribution in [0.4, 0.5) is 11.6 Å². The van der Waals surface area contributed by atoms with Crippen LogP contribution in [0.25, 0.3) is 55.5 Å². The molecule has 4 aromatic heterocycles. The standard InChI is InChI=1S/C22H21N3O3.C14H16ClN3O2.C8H7BO3.CH4/c1-13(2)25(3)21-20(19-12-14-7-5-6-8-18(14)28-19)23-16-10-9-15(22(26)27-4)11-17(16)24-21;1-8(2)18(3)13-12(15)16-10-6-5-9(14(19)20-4)7-11(10)17-13;10-9(11)8-5-6-3-1-2-4-7(6)12-8;/h5-13H,1-4H3;5-8H,1-4H3;1-5,10-11H;1H4. The zero-order valence-electron chi connectivity index (χ0n) is 34.4. The topological polar surface area (TPSA) is 177 Å². The number of furan rings is 2. The molecular formula is C45H48BClN6O8. The number of ether oxygens (including phenoxy) is 2. The number of carbonyl (C=O) groups is 2. The summed E-state index contributed by atoms with van der Waals surface area (Å²) in [5, 5.41) is 19.8. The number of rotatable bonds is 8. The molecule has 4 aromatic carbocycles. The third-order valence-corrected chi connectivity index (χ3v) is 9.92. The van der Waals surface area contributed by atoms with Crippen LogP contribution >= 0.6 is 11.6 Å². The van der Waals surface area contributed by atoms with Crippen molar-refractivity contribution in [3.63, 3.8) is 0 Å². The van der Waals surface area contributed by atoms with Gasteiger partial charge in [-0.05, 0) is 88.4 Å². The van der Waals surface area contributed by atoms with Gasteiger partial charge in [0, 0.05) is 37.0 Å². The first-order valence-corrected chi connectivity index (χ1v) is 19.3. The minimum Gasteiger partial charge on any atom is -0.465 e. The van der Waals surface area contributed by atoms with E-state index in [9.17, 15) is 9.59 Å². The highest BCUT2D eigenvalue weighted by atomic mass is 35.5. The molecule has 0 aliphatic carbocycles. The Bertz CT molecular complexity index is 2740.